The molecule has 0 bridgehead atoms. The summed E-state index contributed by atoms with van der Waals surface area (Å²) in [5.41, 5.74) is 7.86. The van der Waals surface area contributed by atoms with Gasteiger partial charge in [-0.2, -0.15) is 0 Å². The number of aryl methyl sites for hydroxylation is 1. The van der Waals surface area contributed by atoms with Crippen molar-refractivity contribution in [2.45, 2.75) is 44.2 Å². The largest absolute Gasteiger partial charge is 0.466 e. The Morgan fingerprint density at radius 3 is 2.55 bits per heavy atom. The molecule has 0 aliphatic carbocycles. The second kappa shape index (κ2) is 10.9. The van der Waals surface area contributed by atoms with Gasteiger partial charge in [0, 0.05) is 35.0 Å². The molecule has 0 radical (unpaired) electrons. The van der Waals surface area contributed by atoms with Crippen molar-refractivity contribution < 1.29 is 9.53 Å². The number of ether oxygens (including phenoxy) is 1. The number of aromatic amines is 1. The van der Waals surface area contributed by atoms with E-state index in [0.29, 0.717) is 19.4 Å². The molecule has 3 nitrogen and oxygen atoms in total. The second-order valence-corrected chi connectivity index (χ2v) is 10.6. The summed E-state index contributed by atoms with van der Waals surface area (Å²) in [6.07, 6.45) is 2.63. The van der Waals surface area contributed by atoms with Crippen molar-refractivity contribution in [2.75, 3.05) is 6.61 Å². The zero-order valence-electron chi connectivity index (χ0n) is 18.8. The number of para-hydroxylation sites is 1. The lowest BCUT2D eigenvalue weighted by molar-refractivity contribution is -0.143. The van der Waals surface area contributed by atoms with E-state index in [1.54, 1.807) is 0 Å². The van der Waals surface area contributed by atoms with Crippen molar-refractivity contribution in [3.63, 3.8) is 0 Å². The first-order valence-corrected chi connectivity index (χ1v) is 13.0. The molecule has 4 rings (SSSR count). The Morgan fingerprint density at radius 2 is 1.91 bits per heavy atom. The molecule has 3 aromatic rings. The molecule has 6 heteroatoms. The highest BCUT2D eigenvalue weighted by molar-refractivity contribution is 8.06. The van der Waals surface area contributed by atoms with Crippen LogP contribution in [0.1, 0.15) is 49.9 Å². The van der Waals surface area contributed by atoms with Crippen LogP contribution in [0.25, 0.3) is 16.5 Å². The predicted molar refractivity (Wildman–Crippen MR) is 141 cm³/mol. The summed E-state index contributed by atoms with van der Waals surface area (Å²) in [6, 6.07) is 18.9. The number of alkyl halides is 1. The summed E-state index contributed by atoms with van der Waals surface area (Å²) in [6.45, 7) is 4.40. The first kappa shape index (κ1) is 24.0. The molecule has 33 heavy (non-hydrogen) atoms. The smallest absolute Gasteiger partial charge is 0.306 e. The number of hydrogen-bond donors (Lipinski definition) is 1. The zero-order chi connectivity index (χ0) is 23.4. The number of carbonyl (C=O) groups excluding carboxylic acids is 1. The minimum atomic E-state index is -0.163. The van der Waals surface area contributed by atoms with Gasteiger partial charge in [0.1, 0.15) is 0 Å². The number of allylic oxidation sites excluding steroid dienone is 2. The lowest BCUT2D eigenvalue weighted by Crippen LogP contribution is -2.05. The van der Waals surface area contributed by atoms with E-state index in [0.717, 1.165) is 50.7 Å². The molecule has 1 N–H and O–H groups in total. The quantitative estimate of drug-likeness (QED) is 0.252. The van der Waals surface area contributed by atoms with Gasteiger partial charge < -0.3 is 9.72 Å². The average molecular weight is 500 g/mol. The van der Waals surface area contributed by atoms with E-state index >= 15 is 0 Å². The Bertz CT molecular complexity index is 1180. The van der Waals surface area contributed by atoms with E-state index in [1.165, 1.54) is 22.7 Å². The fraction of sp³-hybridized carbons (Fsp3) is 0.296. The van der Waals surface area contributed by atoms with Crippen LogP contribution < -0.4 is 0 Å². The van der Waals surface area contributed by atoms with E-state index in [4.69, 9.17) is 27.9 Å². The van der Waals surface area contributed by atoms with Crippen LogP contribution in [0.4, 0.5) is 0 Å². The number of halogens is 2. The molecule has 2 heterocycles. The molecular weight excluding hydrogens is 473 g/mol. The van der Waals surface area contributed by atoms with E-state index < -0.39 is 0 Å². The third kappa shape index (κ3) is 5.51. The lowest BCUT2D eigenvalue weighted by atomic mass is 9.89. The van der Waals surface area contributed by atoms with Gasteiger partial charge in [-0.05, 0) is 54.2 Å². The molecule has 1 aliphatic rings. The highest BCUT2D eigenvalue weighted by atomic mass is 35.5. The van der Waals surface area contributed by atoms with Gasteiger partial charge in [0.25, 0.3) is 0 Å². The van der Waals surface area contributed by atoms with Gasteiger partial charge in [0.2, 0.25) is 0 Å². The highest BCUT2D eigenvalue weighted by Crippen LogP contribution is 2.48. The van der Waals surface area contributed by atoms with Crippen LogP contribution in [0.3, 0.4) is 0 Å². The maximum atomic E-state index is 11.7. The van der Waals surface area contributed by atoms with Gasteiger partial charge in [-0.15, -0.1) is 11.6 Å². The highest BCUT2D eigenvalue weighted by Gasteiger charge is 2.27. The summed E-state index contributed by atoms with van der Waals surface area (Å²) in [5.74, 6) is -0.163. The van der Waals surface area contributed by atoms with Gasteiger partial charge in [0.05, 0.1) is 15.7 Å². The average Bonchev–Trinajstić information content (AvgIpc) is 3.38. The molecule has 0 amide bonds. The normalized spacial score (nSPS) is 16.9. The van der Waals surface area contributed by atoms with Crippen LogP contribution >= 0.6 is 35.0 Å². The molecule has 1 atom stereocenters. The van der Waals surface area contributed by atoms with E-state index in [1.807, 2.05) is 19.1 Å². The van der Waals surface area contributed by atoms with E-state index in [2.05, 4.69) is 54.4 Å². The summed E-state index contributed by atoms with van der Waals surface area (Å²) in [5, 5.41) is 1.17. The molecular formula is C27H27Cl2NO2S. The van der Waals surface area contributed by atoms with Gasteiger partial charge in [-0.1, -0.05) is 72.8 Å². The number of aromatic nitrogens is 1. The number of rotatable bonds is 8. The van der Waals surface area contributed by atoms with Crippen LogP contribution in [-0.2, 0) is 16.0 Å². The summed E-state index contributed by atoms with van der Waals surface area (Å²) in [7, 11) is 0. The Hall–Kier alpha value is -2.14. The van der Waals surface area contributed by atoms with Crippen LogP contribution in [0, 0.1) is 0 Å². The predicted octanol–water partition coefficient (Wildman–Crippen LogP) is 8.03. The first-order valence-electron chi connectivity index (χ1n) is 11.3. The second-order valence-electron chi connectivity index (χ2n) is 7.96. The van der Waals surface area contributed by atoms with Crippen LogP contribution in [0.5, 0.6) is 0 Å². The van der Waals surface area contributed by atoms with Crippen molar-refractivity contribution >= 4 is 57.4 Å². The van der Waals surface area contributed by atoms with Crippen molar-refractivity contribution in [1.29, 1.82) is 0 Å². The maximum Gasteiger partial charge on any atom is 0.306 e. The topological polar surface area (TPSA) is 42.1 Å². The first-order chi connectivity index (χ1) is 16.0. The number of esters is 1. The van der Waals surface area contributed by atoms with Gasteiger partial charge in [-0.3, -0.25) is 4.79 Å². The number of nitrogens with one attached hydrogen (secondary N) is 1. The monoisotopic (exact) mass is 499 g/mol. The molecule has 2 aromatic carbocycles. The van der Waals surface area contributed by atoms with Crippen molar-refractivity contribution in [1.82, 2.24) is 4.98 Å². The minimum Gasteiger partial charge on any atom is -0.466 e. The van der Waals surface area contributed by atoms with E-state index in [-0.39, 0.29) is 10.7 Å². The number of H-pyrrole nitrogens is 1. The molecule has 1 aromatic heterocycles. The summed E-state index contributed by atoms with van der Waals surface area (Å²) >= 11 is 14.6. The van der Waals surface area contributed by atoms with Gasteiger partial charge in [0.15, 0.2) is 0 Å². The molecule has 1 unspecified atom stereocenters. The summed E-state index contributed by atoms with van der Waals surface area (Å²) in [4.78, 5) is 15.3. The molecule has 0 saturated heterocycles. The standard InChI is InChI=1S/C27H27Cl2NO2S/c1-3-20(21-16-24(28)33-27(21)29)26(23-15-19-7-5-6-8-22(19)30-23)18-12-9-17(10-13-18)11-14-25(31)32-4-2/h5-10,12-13,15,24,30H,3-4,11,14,16H2,1-2H3/b26-20+. The Labute approximate surface area is 209 Å². The minimum absolute atomic E-state index is 0.0386. The Kier molecular flexibility index (Phi) is 7.90. The number of benzene rings is 2. The van der Waals surface area contributed by atoms with Gasteiger partial charge in [-0.25, -0.2) is 0 Å². The fourth-order valence-corrected chi connectivity index (χ4v) is 6.16. The Morgan fingerprint density at radius 1 is 1.15 bits per heavy atom. The number of hydrogen-bond acceptors (Lipinski definition) is 3. The van der Waals surface area contributed by atoms with Crippen LogP contribution in [0.2, 0.25) is 0 Å². The lowest BCUT2D eigenvalue weighted by Gasteiger charge is -2.16. The molecule has 0 spiro atoms. The van der Waals surface area contributed by atoms with Crippen molar-refractivity contribution in [2.24, 2.45) is 0 Å². The van der Waals surface area contributed by atoms with Gasteiger partial charge >= 0.3 is 5.97 Å². The molecule has 0 fully saturated rings. The number of fused-ring (bicyclic) bond motifs is 1. The molecule has 0 saturated carbocycles. The van der Waals surface area contributed by atoms with E-state index in [9.17, 15) is 4.79 Å². The maximum absolute atomic E-state index is 11.7. The SMILES string of the molecule is CCOC(=O)CCc1ccc(/C(=C(/CC)C2=C(Cl)SC(Cl)C2)c2cc3ccccc3[nH]2)cc1. The third-order valence-corrected chi connectivity index (χ3v) is 7.61. The molecule has 1 aliphatic heterocycles. The zero-order valence-corrected chi connectivity index (χ0v) is 21.1. The van der Waals surface area contributed by atoms with Crippen molar-refractivity contribution in [3.05, 3.63) is 86.9 Å². The third-order valence-electron chi connectivity index (χ3n) is 5.82. The Balaban J connectivity index is 1.76. The van der Waals surface area contributed by atoms with Crippen molar-refractivity contribution in [3.8, 4) is 0 Å². The summed E-state index contributed by atoms with van der Waals surface area (Å²) < 4.78 is 5.80. The fourth-order valence-electron chi connectivity index (χ4n) is 4.27. The molecule has 172 valence electrons. The van der Waals surface area contributed by atoms with Crippen LogP contribution in [-0.4, -0.2) is 22.3 Å². The van der Waals surface area contributed by atoms with Crippen LogP contribution in [0.15, 0.2) is 70.1 Å². The number of carbonyl (C=O) groups is 1. The number of thioether (sulfide) groups is 1.